The van der Waals surface area contributed by atoms with E-state index in [-0.39, 0.29) is 0 Å². The summed E-state index contributed by atoms with van der Waals surface area (Å²) >= 11 is 3.48. The van der Waals surface area contributed by atoms with Crippen LogP contribution in [0.1, 0.15) is 26.2 Å². The van der Waals surface area contributed by atoms with Crippen LogP contribution in [0, 0.1) is 5.92 Å². The van der Waals surface area contributed by atoms with Crippen molar-refractivity contribution in [3.8, 4) is 0 Å². The molecule has 0 bridgehead atoms. The third-order valence-corrected chi connectivity index (χ3v) is 4.09. The number of hydrogen-bond donors (Lipinski definition) is 0. The summed E-state index contributed by atoms with van der Waals surface area (Å²) in [5, 5.41) is 0. The number of anilines is 1. The van der Waals surface area contributed by atoms with Crippen molar-refractivity contribution in [2.75, 3.05) is 18.0 Å². The van der Waals surface area contributed by atoms with E-state index in [0.29, 0.717) is 0 Å². The van der Waals surface area contributed by atoms with Crippen molar-refractivity contribution in [1.82, 2.24) is 14.4 Å². The van der Waals surface area contributed by atoms with Crippen LogP contribution >= 0.6 is 15.9 Å². The predicted molar refractivity (Wildman–Crippen MR) is 75.9 cm³/mol. The molecule has 5 heteroatoms. The Bertz CT molecular complexity index is 547. The number of fused-ring (bicyclic) bond motifs is 1. The van der Waals surface area contributed by atoms with Gasteiger partial charge in [-0.2, -0.15) is 0 Å². The number of imidazole rings is 1. The Morgan fingerprint density at radius 3 is 3.00 bits per heavy atom. The summed E-state index contributed by atoms with van der Waals surface area (Å²) in [4.78, 5) is 11.4. The van der Waals surface area contributed by atoms with E-state index < -0.39 is 0 Å². The third kappa shape index (κ3) is 2.11. The van der Waals surface area contributed by atoms with E-state index in [4.69, 9.17) is 0 Å². The van der Waals surface area contributed by atoms with Gasteiger partial charge in [-0.25, -0.2) is 9.97 Å². The number of aromatic nitrogens is 3. The maximum absolute atomic E-state index is 4.62. The van der Waals surface area contributed by atoms with E-state index in [2.05, 4.69) is 37.7 Å². The summed E-state index contributed by atoms with van der Waals surface area (Å²) in [5.41, 5.74) is 0.944. The molecule has 1 aliphatic carbocycles. The molecule has 2 heterocycles. The Morgan fingerprint density at radius 1 is 1.50 bits per heavy atom. The lowest BCUT2D eigenvalue weighted by molar-refractivity contribution is 0.318. The van der Waals surface area contributed by atoms with Crippen molar-refractivity contribution in [2.24, 2.45) is 5.92 Å². The molecule has 0 N–H and O–H groups in total. The van der Waals surface area contributed by atoms with Crippen LogP contribution in [0.2, 0.25) is 0 Å². The van der Waals surface area contributed by atoms with Gasteiger partial charge in [0.05, 0.1) is 0 Å². The van der Waals surface area contributed by atoms with Gasteiger partial charge in [0.2, 0.25) is 0 Å². The van der Waals surface area contributed by atoms with Crippen LogP contribution in [0.15, 0.2) is 23.2 Å². The van der Waals surface area contributed by atoms with Crippen LogP contribution < -0.4 is 4.90 Å². The molecule has 96 valence electrons. The van der Waals surface area contributed by atoms with E-state index in [1.165, 1.54) is 19.3 Å². The molecule has 1 aliphatic rings. The normalized spacial score (nSPS) is 15.9. The molecule has 3 rings (SSSR count). The summed E-state index contributed by atoms with van der Waals surface area (Å²) in [6.07, 6.45) is 9.83. The highest BCUT2D eigenvalue weighted by Gasteiger charge is 2.22. The van der Waals surface area contributed by atoms with Gasteiger partial charge >= 0.3 is 0 Å². The maximum Gasteiger partial charge on any atom is 0.180 e. The van der Waals surface area contributed by atoms with Crippen molar-refractivity contribution >= 4 is 27.4 Å². The molecule has 0 unspecified atom stereocenters. The van der Waals surface area contributed by atoms with Gasteiger partial charge in [-0.05, 0) is 41.6 Å². The lowest BCUT2D eigenvalue weighted by atomic mass is 9.85. The molecule has 0 aliphatic heterocycles. The molecular weight excluding hydrogens is 292 g/mol. The van der Waals surface area contributed by atoms with Crippen LogP contribution in [-0.2, 0) is 0 Å². The summed E-state index contributed by atoms with van der Waals surface area (Å²) in [5.74, 6) is 1.82. The topological polar surface area (TPSA) is 33.4 Å². The van der Waals surface area contributed by atoms with Gasteiger partial charge in [0.1, 0.15) is 4.60 Å². The predicted octanol–water partition coefficient (Wildman–Crippen LogP) is 3.12. The van der Waals surface area contributed by atoms with Crippen molar-refractivity contribution in [2.45, 2.75) is 26.2 Å². The van der Waals surface area contributed by atoms with Crippen LogP contribution in [0.25, 0.3) is 5.65 Å². The van der Waals surface area contributed by atoms with E-state index in [9.17, 15) is 0 Å². The minimum absolute atomic E-state index is 0.834. The van der Waals surface area contributed by atoms with Crippen molar-refractivity contribution in [1.29, 1.82) is 0 Å². The summed E-state index contributed by atoms with van der Waals surface area (Å²) in [6.45, 7) is 4.26. The summed E-state index contributed by atoms with van der Waals surface area (Å²) in [7, 11) is 0. The molecule has 2 aromatic rings. The van der Waals surface area contributed by atoms with E-state index in [0.717, 1.165) is 35.1 Å². The number of nitrogens with zero attached hydrogens (tertiary/aromatic N) is 4. The zero-order valence-corrected chi connectivity index (χ0v) is 12.1. The molecule has 0 radical (unpaired) electrons. The Labute approximate surface area is 115 Å². The second-order valence-corrected chi connectivity index (χ2v) is 5.69. The summed E-state index contributed by atoms with van der Waals surface area (Å²) < 4.78 is 2.88. The van der Waals surface area contributed by atoms with E-state index in [1.54, 1.807) is 0 Å². The first-order valence-electron chi connectivity index (χ1n) is 6.52. The number of hydrogen-bond acceptors (Lipinski definition) is 3. The Hall–Kier alpha value is -1.10. The lowest BCUT2D eigenvalue weighted by Gasteiger charge is -2.32. The molecule has 4 nitrogen and oxygen atoms in total. The minimum atomic E-state index is 0.834. The van der Waals surface area contributed by atoms with Gasteiger partial charge in [0.15, 0.2) is 11.5 Å². The highest BCUT2D eigenvalue weighted by molar-refractivity contribution is 9.10. The maximum atomic E-state index is 4.62. The Kier molecular flexibility index (Phi) is 3.24. The average molecular weight is 309 g/mol. The zero-order valence-electron chi connectivity index (χ0n) is 10.5. The Balaban J connectivity index is 1.96. The van der Waals surface area contributed by atoms with Crippen LogP contribution in [0.3, 0.4) is 0 Å². The third-order valence-electron chi connectivity index (χ3n) is 3.71. The van der Waals surface area contributed by atoms with Crippen molar-refractivity contribution < 1.29 is 0 Å². The molecule has 1 saturated carbocycles. The molecule has 0 saturated heterocycles. The SMILES string of the molecule is CCN(CC1CCC1)c1nc(Br)cn2ccnc12. The second kappa shape index (κ2) is 4.88. The van der Waals surface area contributed by atoms with Gasteiger partial charge in [-0.1, -0.05) is 6.42 Å². The lowest BCUT2D eigenvalue weighted by Crippen LogP contribution is -2.33. The number of halogens is 1. The highest BCUT2D eigenvalue weighted by atomic mass is 79.9. The Morgan fingerprint density at radius 2 is 2.33 bits per heavy atom. The standard InChI is InChI=1S/C13H17BrN4/c1-2-17(8-10-4-3-5-10)13-12-15-6-7-18(12)9-11(14)16-13/h6-7,9-10H,2-5,8H2,1H3. The smallest absolute Gasteiger partial charge is 0.180 e. The fourth-order valence-corrected chi connectivity index (χ4v) is 2.84. The van der Waals surface area contributed by atoms with Gasteiger partial charge < -0.3 is 9.30 Å². The van der Waals surface area contributed by atoms with E-state index in [1.807, 2.05) is 23.0 Å². The number of rotatable bonds is 4. The van der Waals surface area contributed by atoms with E-state index >= 15 is 0 Å². The quantitative estimate of drug-likeness (QED) is 0.870. The molecule has 18 heavy (non-hydrogen) atoms. The first-order chi connectivity index (χ1) is 8.78. The zero-order chi connectivity index (χ0) is 12.5. The average Bonchev–Trinajstić information content (AvgIpc) is 2.75. The van der Waals surface area contributed by atoms with Gasteiger partial charge in [-0.15, -0.1) is 0 Å². The first kappa shape index (κ1) is 12.0. The fraction of sp³-hybridized carbons (Fsp3) is 0.538. The molecular formula is C13H17BrN4. The monoisotopic (exact) mass is 308 g/mol. The van der Waals surface area contributed by atoms with Crippen LogP contribution in [0.4, 0.5) is 5.82 Å². The molecule has 0 atom stereocenters. The minimum Gasteiger partial charge on any atom is -0.353 e. The van der Waals surface area contributed by atoms with Gasteiger partial charge in [-0.3, -0.25) is 0 Å². The van der Waals surface area contributed by atoms with Crippen molar-refractivity contribution in [3.63, 3.8) is 0 Å². The highest BCUT2D eigenvalue weighted by Crippen LogP contribution is 2.29. The molecule has 0 spiro atoms. The van der Waals surface area contributed by atoms with Gasteiger partial charge in [0, 0.05) is 31.7 Å². The fourth-order valence-electron chi connectivity index (χ4n) is 2.45. The molecule has 2 aromatic heterocycles. The molecule has 1 fully saturated rings. The first-order valence-corrected chi connectivity index (χ1v) is 7.31. The summed E-state index contributed by atoms with van der Waals surface area (Å²) in [6, 6.07) is 0. The molecule has 0 amide bonds. The van der Waals surface area contributed by atoms with Crippen molar-refractivity contribution in [3.05, 3.63) is 23.2 Å². The van der Waals surface area contributed by atoms with Gasteiger partial charge in [0.25, 0.3) is 0 Å². The largest absolute Gasteiger partial charge is 0.353 e. The second-order valence-electron chi connectivity index (χ2n) is 4.88. The van der Waals surface area contributed by atoms with Crippen LogP contribution in [0.5, 0.6) is 0 Å². The molecule has 0 aromatic carbocycles. The van der Waals surface area contributed by atoms with Crippen LogP contribution in [-0.4, -0.2) is 27.5 Å².